The second kappa shape index (κ2) is 5.14. The highest BCUT2D eigenvalue weighted by molar-refractivity contribution is 7.92. The van der Waals surface area contributed by atoms with Crippen molar-refractivity contribution in [3.63, 3.8) is 0 Å². The van der Waals surface area contributed by atoms with Gasteiger partial charge in [0.2, 0.25) is 5.91 Å². The number of carbonyl (C=O) groups excluding carboxylic acids is 1. The van der Waals surface area contributed by atoms with Crippen molar-refractivity contribution in [1.29, 1.82) is 0 Å². The van der Waals surface area contributed by atoms with Crippen LogP contribution in [0, 0.1) is 5.92 Å². The fraction of sp³-hybridized carbons (Fsp3) is 0.900. The molecule has 1 fully saturated rings. The Bertz CT molecular complexity index is 353. The maximum absolute atomic E-state index is 11.6. The molecule has 94 valence electrons. The normalized spacial score (nSPS) is 28.4. The highest BCUT2D eigenvalue weighted by Crippen LogP contribution is 2.10. The lowest BCUT2D eigenvalue weighted by Crippen LogP contribution is -2.51. The van der Waals surface area contributed by atoms with E-state index in [1.807, 2.05) is 0 Å². The highest BCUT2D eigenvalue weighted by atomic mass is 32.2. The Kier molecular flexibility index (Phi) is 4.32. The first kappa shape index (κ1) is 13.4. The standard InChI is InChI=1S/C10H20N2O3S/c1-7-4-9(6-11-5-7)12-10(13)8(2)16(3,14)15/h7-9,11H,4-6H2,1-3H3,(H,12,13). The average molecular weight is 248 g/mol. The fourth-order valence-electron chi connectivity index (χ4n) is 1.78. The van der Waals surface area contributed by atoms with Gasteiger partial charge in [-0.1, -0.05) is 6.92 Å². The van der Waals surface area contributed by atoms with Gasteiger partial charge in [0.05, 0.1) is 0 Å². The summed E-state index contributed by atoms with van der Waals surface area (Å²) in [6, 6.07) is 0.0421. The largest absolute Gasteiger partial charge is 0.351 e. The summed E-state index contributed by atoms with van der Waals surface area (Å²) in [5, 5.41) is 5.01. The van der Waals surface area contributed by atoms with E-state index in [-0.39, 0.29) is 6.04 Å². The molecule has 1 amide bonds. The number of hydrogen-bond acceptors (Lipinski definition) is 4. The van der Waals surface area contributed by atoms with E-state index in [2.05, 4.69) is 17.6 Å². The van der Waals surface area contributed by atoms with Crippen LogP contribution < -0.4 is 10.6 Å². The van der Waals surface area contributed by atoms with Gasteiger partial charge in [0.1, 0.15) is 5.25 Å². The monoisotopic (exact) mass is 248 g/mol. The third-order valence-electron chi connectivity index (χ3n) is 2.93. The summed E-state index contributed by atoms with van der Waals surface area (Å²) in [4.78, 5) is 11.6. The molecular weight excluding hydrogens is 228 g/mol. The third kappa shape index (κ3) is 3.75. The molecule has 0 aromatic rings. The quantitative estimate of drug-likeness (QED) is 0.708. The fourth-order valence-corrected chi connectivity index (χ4v) is 2.24. The molecular formula is C10H20N2O3S. The molecule has 5 nitrogen and oxygen atoms in total. The van der Waals surface area contributed by atoms with Crippen LogP contribution >= 0.6 is 0 Å². The molecule has 1 aliphatic rings. The van der Waals surface area contributed by atoms with Crippen molar-refractivity contribution in [2.24, 2.45) is 5.92 Å². The van der Waals surface area contributed by atoms with Crippen LogP contribution in [0.2, 0.25) is 0 Å². The SMILES string of the molecule is CC1CNCC(NC(=O)C(C)S(C)(=O)=O)C1. The second-order valence-electron chi connectivity index (χ2n) is 4.68. The number of carbonyl (C=O) groups is 1. The van der Waals surface area contributed by atoms with Crippen LogP contribution in [0.15, 0.2) is 0 Å². The van der Waals surface area contributed by atoms with Gasteiger partial charge in [0, 0.05) is 18.8 Å². The van der Waals surface area contributed by atoms with E-state index < -0.39 is 21.0 Å². The maximum atomic E-state index is 11.6. The molecule has 1 heterocycles. The Labute approximate surface area is 96.9 Å². The lowest BCUT2D eigenvalue weighted by molar-refractivity contribution is -0.121. The molecule has 0 spiro atoms. The van der Waals surface area contributed by atoms with Crippen molar-refractivity contribution in [3.05, 3.63) is 0 Å². The molecule has 0 radical (unpaired) electrons. The van der Waals surface area contributed by atoms with E-state index >= 15 is 0 Å². The Morgan fingerprint density at radius 3 is 2.56 bits per heavy atom. The van der Waals surface area contributed by atoms with Crippen molar-refractivity contribution in [2.45, 2.75) is 31.6 Å². The summed E-state index contributed by atoms with van der Waals surface area (Å²) in [7, 11) is -3.30. The zero-order chi connectivity index (χ0) is 12.3. The Morgan fingerprint density at radius 2 is 2.06 bits per heavy atom. The molecule has 1 saturated heterocycles. The van der Waals surface area contributed by atoms with Crippen molar-refractivity contribution < 1.29 is 13.2 Å². The van der Waals surface area contributed by atoms with E-state index in [4.69, 9.17) is 0 Å². The zero-order valence-corrected chi connectivity index (χ0v) is 10.8. The van der Waals surface area contributed by atoms with E-state index in [0.29, 0.717) is 12.5 Å². The van der Waals surface area contributed by atoms with Gasteiger partial charge in [-0.3, -0.25) is 4.79 Å². The van der Waals surface area contributed by atoms with E-state index in [0.717, 1.165) is 19.2 Å². The number of nitrogens with one attached hydrogen (secondary N) is 2. The molecule has 1 rings (SSSR count). The van der Waals surface area contributed by atoms with Gasteiger partial charge in [0.25, 0.3) is 0 Å². The van der Waals surface area contributed by atoms with Crippen LogP contribution in [-0.4, -0.2) is 45.0 Å². The minimum absolute atomic E-state index is 0.0421. The van der Waals surface area contributed by atoms with Gasteiger partial charge in [-0.25, -0.2) is 8.42 Å². The molecule has 0 aromatic carbocycles. The Morgan fingerprint density at radius 1 is 1.44 bits per heavy atom. The first-order valence-corrected chi connectivity index (χ1v) is 7.46. The average Bonchev–Trinajstić information content (AvgIpc) is 2.15. The minimum Gasteiger partial charge on any atom is -0.351 e. The predicted octanol–water partition coefficient (Wildman–Crippen LogP) is -0.466. The minimum atomic E-state index is -3.30. The lowest BCUT2D eigenvalue weighted by atomic mass is 9.98. The molecule has 16 heavy (non-hydrogen) atoms. The van der Waals surface area contributed by atoms with Crippen molar-refractivity contribution in [2.75, 3.05) is 19.3 Å². The lowest BCUT2D eigenvalue weighted by Gasteiger charge is -2.29. The molecule has 3 unspecified atom stereocenters. The number of hydrogen-bond donors (Lipinski definition) is 2. The summed E-state index contributed by atoms with van der Waals surface area (Å²) in [6.07, 6.45) is 1.98. The van der Waals surface area contributed by atoms with Crippen LogP contribution in [0.1, 0.15) is 20.3 Å². The number of rotatable bonds is 3. The van der Waals surface area contributed by atoms with E-state index in [9.17, 15) is 13.2 Å². The van der Waals surface area contributed by atoms with Gasteiger partial charge in [0.15, 0.2) is 9.84 Å². The second-order valence-corrected chi connectivity index (χ2v) is 7.04. The molecule has 0 aromatic heterocycles. The molecule has 2 N–H and O–H groups in total. The number of sulfone groups is 1. The molecule has 0 aliphatic carbocycles. The van der Waals surface area contributed by atoms with Crippen LogP contribution in [0.4, 0.5) is 0 Å². The maximum Gasteiger partial charge on any atom is 0.238 e. The van der Waals surface area contributed by atoms with Crippen LogP contribution in [0.5, 0.6) is 0 Å². The molecule has 0 bridgehead atoms. The Balaban J connectivity index is 2.51. The van der Waals surface area contributed by atoms with Gasteiger partial charge in [-0.05, 0) is 25.8 Å². The van der Waals surface area contributed by atoms with Gasteiger partial charge < -0.3 is 10.6 Å². The molecule has 6 heteroatoms. The molecule has 0 saturated carbocycles. The van der Waals surface area contributed by atoms with Crippen LogP contribution in [-0.2, 0) is 14.6 Å². The van der Waals surface area contributed by atoms with Crippen LogP contribution in [0.3, 0.4) is 0 Å². The van der Waals surface area contributed by atoms with Crippen molar-refractivity contribution in [1.82, 2.24) is 10.6 Å². The summed E-state index contributed by atoms with van der Waals surface area (Å²) in [6.45, 7) is 5.19. The summed E-state index contributed by atoms with van der Waals surface area (Å²) in [5.41, 5.74) is 0. The number of amides is 1. The van der Waals surface area contributed by atoms with Crippen molar-refractivity contribution >= 4 is 15.7 Å². The van der Waals surface area contributed by atoms with Gasteiger partial charge >= 0.3 is 0 Å². The first-order valence-electron chi connectivity index (χ1n) is 5.50. The van der Waals surface area contributed by atoms with Gasteiger partial charge in [-0.15, -0.1) is 0 Å². The van der Waals surface area contributed by atoms with E-state index in [1.165, 1.54) is 6.92 Å². The van der Waals surface area contributed by atoms with Crippen LogP contribution in [0.25, 0.3) is 0 Å². The number of piperidine rings is 1. The summed E-state index contributed by atoms with van der Waals surface area (Å²) < 4.78 is 22.4. The van der Waals surface area contributed by atoms with E-state index in [1.54, 1.807) is 0 Å². The van der Waals surface area contributed by atoms with Crippen molar-refractivity contribution in [3.8, 4) is 0 Å². The third-order valence-corrected chi connectivity index (χ3v) is 4.43. The summed E-state index contributed by atoms with van der Waals surface area (Å²) in [5.74, 6) is 0.107. The first-order chi connectivity index (χ1) is 7.30. The Hall–Kier alpha value is -0.620. The highest BCUT2D eigenvalue weighted by Gasteiger charge is 2.27. The smallest absolute Gasteiger partial charge is 0.238 e. The van der Waals surface area contributed by atoms with Gasteiger partial charge in [-0.2, -0.15) is 0 Å². The molecule has 1 aliphatic heterocycles. The summed E-state index contributed by atoms with van der Waals surface area (Å²) >= 11 is 0. The molecule has 3 atom stereocenters. The zero-order valence-electron chi connectivity index (χ0n) is 9.99. The predicted molar refractivity (Wildman–Crippen MR) is 62.9 cm³/mol. The topological polar surface area (TPSA) is 75.3 Å².